The Morgan fingerprint density at radius 1 is 1.45 bits per heavy atom. The summed E-state index contributed by atoms with van der Waals surface area (Å²) in [5.41, 5.74) is 7.21. The fourth-order valence-electron chi connectivity index (χ4n) is 2.43. The molecule has 0 aliphatic carbocycles. The van der Waals surface area contributed by atoms with E-state index in [9.17, 15) is 4.79 Å². The van der Waals surface area contributed by atoms with Crippen molar-refractivity contribution in [1.29, 1.82) is 0 Å². The van der Waals surface area contributed by atoms with Crippen LogP contribution in [-0.4, -0.2) is 41.8 Å². The molecular formula is C14H22ClN3O2. The molecule has 1 aromatic rings. The second-order valence-electron chi connectivity index (χ2n) is 4.99. The van der Waals surface area contributed by atoms with Crippen LogP contribution < -0.4 is 11.1 Å². The average molecular weight is 300 g/mol. The lowest BCUT2D eigenvalue weighted by molar-refractivity contribution is 0.126. The molecule has 2 unspecified atom stereocenters. The molecule has 20 heavy (non-hydrogen) atoms. The number of nitrogens with one attached hydrogen (secondary N) is 1. The van der Waals surface area contributed by atoms with E-state index in [4.69, 9.17) is 10.8 Å². The quantitative estimate of drug-likeness (QED) is 0.793. The highest BCUT2D eigenvalue weighted by Gasteiger charge is 2.23. The summed E-state index contributed by atoms with van der Waals surface area (Å²) in [7, 11) is 0. The number of nitrogens with zero attached hydrogens (tertiary/aromatic N) is 1. The van der Waals surface area contributed by atoms with Crippen LogP contribution in [0.25, 0.3) is 0 Å². The van der Waals surface area contributed by atoms with Gasteiger partial charge in [0.15, 0.2) is 0 Å². The number of rotatable bonds is 4. The molecule has 1 amide bonds. The first-order valence-corrected chi connectivity index (χ1v) is 6.68. The SMILES string of the molecule is Cl.NC(CNC1CCCN(C(=O)O)C1)c1ccccc1. The minimum Gasteiger partial charge on any atom is -0.465 e. The highest BCUT2D eigenvalue weighted by molar-refractivity contribution is 5.85. The van der Waals surface area contributed by atoms with E-state index >= 15 is 0 Å². The highest BCUT2D eigenvalue weighted by Crippen LogP contribution is 2.12. The van der Waals surface area contributed by atoms with Gasteiger partial charge in [0.05, 0.1) is 0 Å². The Morgan fingerprint density at radius 3 is 2.80 bits per heavy atom. The maximum Gasteiger partial charge on any atom is 0.407 e. The van der Waals surface area contributed by atoms with E-state index < -0.39 is 6.09 Å². The predicted molar refractivity (Wildman–Crippen MR) is 81.2 cm³/mol. The third-order valence-corrected chi connectivity index (χ3v) is 3.55. The van der Waals surface area contributed by atoms with E-state index in [0.29, 0.717) is 19.6 Å². The monoisotopic (exact) mass is 299 g/mol. The average Bonchev–Trinajstić information content (AvgIpc) is 2.46. The minimum absolute atomic E-state index is 0. The van der Waals surface area contributed by atoms with Gasteiger partial charge in [-0.15, -0.1) is 12.4 Å². The van der Waals surface area contributed by atoms with Crippen LogP contribution >= 0.6 is 12.4 Å². The normalized spacial score (nSPS) is 20.1. The first-order chi connectivity index (χ1) is 9.16. The zero-order valence-corrected chi connectivity index (χ0v) is 12.2. The molecule has 1 fully saturated rings. The third-order valence-electron chi connectivity index (χ3n) is 3.55. The zero-order valence-electron chi connectivity index (χ0n) is 11.4. The van der Waals surface area contributed by atoms with Gasteiger partial charge in [-0.05, 0) is 18.4 Å². The van der Waals surface area contributed by atoms with E-state index in [2.05, 4.69) is 5.32 Å². The fourth-order valence-corrected chi connectivity index (χ4v) is 2.43. The lowest BCUT2D eigenvalue weighted by atomic mass is 10.0. The van der Waals surface area contributed by atoms with E-state index in [-0.39, 0.29) is 24.5 Å². The van der Waals surface area contributed by atoms with Crippen LogP contribution in [0.4, 0.5) is 4.79 Å². The van der Waals surface area contributed by atoms with Gasteiger partial charge in [0.2, 0.25) is 0 Å². The topological polar surface area (TPSA) is 78.6 Å². The van der Waals surface area contributed by atoms with Crippen molar-refractivity contribution in [3.8, 4) is 0 Å². The van der Waals surface area contributed by atoms with Crippen LogP contribution in [-0.2, 0) is 0 Å². The van der Waals surface area contributed by atoms with Crippen LogP contribution in [0.3, 0.4) is 0 Å². The van der Waals surface area contributed by atoms with Crippen LogP contribution in [0.1, 0.15) is 24.4 Å². The Morgan fingerprint density at radius 2 is 2.15 bits per heavy atom. The molecule has 6 heteroatoms. The number of amides is 1. The second-order valence-corrected chi connectivity index (χ2v) is 4.99. The Balaban J connectivity index is 0.00000200. The molecule has 0 saturated carbocycles. The Labute approximate surface area is 125 Å². The first-order valence-electron chi connectivity index (χ1n) is 6.68. The third kappa shape index (κ3) is 4.67. The summed E-state index contributed by atoms with van der Waals surface area (Å²) in [6, 6.07) is 10.1. The van der Waals surface area contributed by atoms with E-state index in [1.54, 1.807) is 0 Å². The van der Waals surface area contributed by atoms with Crippen molar-refractivity contribution in [1.82, 2.24) is 10.2 Å². The molecular weight excluding hydrogens is 278 g/mol. The molecule has 2 rings (SSSR count). The number of hydrogen-bond acceptors (Lipinski definition) is 3. The molecule has 1 aliphatic rings. The lowest BCUT2D eigenvalue weighted by Gasteiger charge is -2.32. The summed E-state index contributed by atoms with van der Waals surface area (Å²) in [6.07, 6.45) is 1.08. The van der Waals surface area contributed by atoms with Crippen molar-refractivity contribution >= 4 is 18.5 Å². The summed E-state index contributed by atoms with van der Waals surface area (Å²) in [5.74, 6) is 0. The summed E-state index contributed by atoms with van der Waals surface area (Å²) in [6.45, 7) is 1.86. The molecule has 0 aromatic heterocycles. The van der Waals surface area contributed by atoms with Gasteiger partial charge in [0.25, 0.3) is 0 Å². The van der Waals surface area contributed by atoms with Gasteiger partial charge in [-0.2, -0.15) is 0 Å². The van der Waals surface area contributed by atoms with Crippen molar-refractivity contribution in [3.05, 3.63) is 35.9 Å². The van der Waals surface area contributed by atoms with Crippen molar-refractivity contribution in [3.63, 3.8) is 0 Å². The molecule has 0 bridgehead atoms. The molecule has 1 aliphatic heterocycles. The summed E-state index contributed by atoms with van der Waals surface area (Å²) >= 11 is 0. The minimum atomic E-state index is -0.834. The maximum atomic E-state index is 10.9. The number of carbonyl (C=O) groups is 1. The zero-order chi connectivity index (χ0) is 13.7. The smallest absolute Gasteiger partial charge is 0.407 e. The van der Waals surface area contributed by atoms with Crippen LogP contribution in [0.15, 0.2) is 30.3 Å². The number of carboxylic acid groups (broad SMARTS) is 1. The van der Waals surface area contributed by atoms with E-state index in [1.807, 2.05) is 30.3 Å². The van der Waals surface area contributed by atoms with Gasteiger partial charge in [0, 0.05) is 31.7 Å². The molecule has 4 N–H and O–H groups in total. The Hall–Kier alpha value is -1.30. The number of likely N-dealkylation sites (tertiary alicyclic amines) is 1. The maximum absolute atomic E-state index is 10.9. The number of hydrogen-bond donors (Lipinski definition) is 3. The lowest BCUT2D eigenvalue weighted by Crippen LogP contribution is -2.48. The van der Waals surface area contributed by atoms with Gasteiger partial charge in [0.1, 0.15) is 0 Å². The predicted octanol–water partition coefficient (Wildman–Crippen LogP) is 1.84. The summed E-state index contributed by atoms with van der Waals surface area (Å²) in [5, 5.41) is 12.4. The van der Waals surface area contributed by atoms with Gasteiger partial charge < -0.3 is 21.1 Å². The molecule has 1 aromatic carbocycles. The van der Waals surface area contributed by atoms with Crippen LogP contribution in [0.5, 0.6) is 0 Å². The molecule has 2 atom stereocenters. The highest BCUT2D eigenvalue weighted by atomic mass is 35.5. The van der Waals surface area contributed by atoms with Crippen molar-refractivity contribution in [2.24, 2.45) is 5.73 Å². The van der Waals surface area contributed by atoms with Crippen LogP contribution in [0, 0.1) is 0 Å². The molecule has 1 heterocycles. The molecule has 1 saturated heterocycles. The van der Waals surface area contributed by atoms with Crippen molar-refractivity contribution in [2.45, 2.75) is 24.9 Å². The Bertz CT molecular complexity index is 416. The Kier molecular flexibility index (Phi) is 6.78. The number of halogens is 1. The fraction of sp³-hybridized carbons (Fsp3) is 0.500. The molecule has 5 nitrogen and oxygen atoms in total. The van der Waals surface area contributed by atoms with Crippen molar-refractivity contribution < 1.29 is 9.90 Å². The second kappa shape index (κ2) is 8.09. The summed E-state index contributed by atoms with van der Waals surface area (Å²) < 4.78 is 0. The number of nitrogens with two attached hydrogens (primary N) is 1. The first kappa shape index (κ1) is 16.8. The number of benzene rings is 1. The van der Waals surface area contributed by atoms with Gasteiger partial charge >= 0.3 is 6.09 Å². The van der Waals surface area contributed by atoms with E-state index in [1.165, 1.54) is 4.90 Å². The summed E-state index contributed by atoms with van der Waals surface area (Å²) in [4.78, 5) is 12.4. The molecule has 112 valence electrons. The van der Waals surface area contributed by atoms with E-state index in [0.717, 1.165) is 18.4 Å². The van der Waals surface area contributed by atoms with Gasteiger partial charge in [-0.25, -0.2) is 4.79 Å². The largest absolute Gasteiger partial charge is 0.465 e. The van der Waals surface area contributed by atoms with Gasteiger partial charge in [-0.1, -0.05) is 30.3 Å². The van der Waals surface area contributed by atoms with Crippen LogP contribution in [0.2, 0.25) is 0 Å². The van der Waals surface area contributed by atoms with Crippen molar-refractivity contribution in [2.75, 3.05) is 19.6 Å². The standard InChI is InChI=1S/C14H21N3O2.ClH/c15-13(11-5-2-1-3-6-11)9-16-12-7-4-8-17(10-12)14(18)19;/h1-3,5-6,12-13,16H,4,7-10,15H2,(H,18,19);1H. The van der Waals surface area contributed by atoms with Gasteiger partial charge in [-0.3, -0.25) is 0 Å². The molecule has 0 spiro atoms. The number of piperidine rings is 1. The molecule has 0 radical (unpaired) electrons.